The van der Waals surface area contributed by atoms with Crippen molar-refractivity contribution in [3.63, 3.8) is 0 Å². The minimum Gasteiger partial charge on any atom is -0.466 e. The molecule has 0 spiro atoms. The summed E-state index contributed by atoms with van der Waals surface area (Å²) in [6, 6.07) is 7.10. The lowest BCUT2D eigenvalue weighted by molar-refractivity contribution is -0.157. The molecule has 0 unspecified atom stereocenters. The van der Waals surface area contributed by atoms with Crippen LogP contribution in [0.15, 0.2) is 30.3 Å². The summed E-state index contributed by atoms with van der Waals surface area (Å²) >= 11 is 0. The fourth-order valence-corrected chi connectivity index (χ4v) is 2.61. The van der Waals surface area contributed by atoms with Crippen LogP contribution in [0.4, 0.5) is 0 Å². The van der Waals surface area contributed by atoms with Gasteiger partial charge < -0.3 is 25.3 Å². The first-order valence-electron chi connectivity index (χ1n) is 8.85. The third-order valence-corrected chi connectivity index (χ3v) is 3.86. The first kappa shape index (κ1) is 23.1. The lowest BCUT2D eigenvalue weighted by Gasteiger charge is -2.25. The van der Waals surface area contributed by atoms with Crippen molar-refractivity contribution in [1.82, 2.24) is 5.32 Å². The van der Waals surface area contributed by atoms with E-state index in [0.717, 1.165) is 0 Å². The quantitative estimate of drug-likeness (QED) is 0.521. The van der Waals surface area contributed by atoms with Crippen LogP contribution in [0.2, 0.25) is 0 Å². The second-order valence-corrected chi connectivity index (χ2v) is 5.78. The number of amides is 2. The Morgan fingerprint density at radius 3 is 2.14 bits per heavy atom. The maximum atomic E-state index is 12.7. The van der Waals surface area contributed by atoms with Crippen LogP contribution in [-0.4, -0.2) is 50.1 Å². The fourth-order valence-electron chi connectivity index (χ4n) is 2.61. The molecule has 0 aliphatic rings. The predicted molar refractivity (Wildman–Crippen MR) is 98.7 cm³/mol. The molecule has 1 rings (SSSR count). The maximum Gasteiger partial charge on any atom is 0.312 e. The minimum atomic E-state index is -1.47. The van der Waals surface area contributed by atoms with Gasteiger partial charge in [-0.2, -0.15) is 0 Å². The zero-order chi connectivity index (χ0) is 21.1. The Kier molecular flexibility index (Phi) is 9.66. The number of ether oxygens (including phenoxy) is 3. The molecule has 3 N–H and O–H groups in total. The lowest BCUT2D eigenvalue weighted by atomic mass is 9.94. The van der Waals surface area contributed by atoms with Crippen LogP contribution in [0.1, 0.15) is 31.9 Å². The van der Waals surface area contributed by atoms with Crippen molar-refractivity contribution in [3.8, 4) is 0 Å². The predicted octanol–water partition coefficient (Wildman–Crippen LogP) is 0.477. The molecule has 0 bridgehead atoms. The van der Waals surface area contributed by atoms with Gasteiger partial charge >= 0.3 is 11.9 Å². The molecule has 0 saturated heterocycles. The van der Waals surface area contributed by atoms with Crippen LogP contribution in [0.25, 0.3) is 0 Å². The van der Waals surface area contributed by atoms with Crippen molar-refractivity contribution in [2.45, 2.75) is 32.4 Å². The number of carbonyl (C=O) groups is 4. The van der Waals surface area contributed by atoms with E-state index in [4.69, 9.17) is 19.9 Å². The van der Waals surface area contributed by atoms with E-state index in [1.807, 2.05) is 0 Å². The van der Waals surface area contributed by atoms with E-state index >= 15 is 0 Å². The van der Waals surface area contributed by atoms with Crippen LogP contribution in [0.5, 0.6) is 0 Å². The zero-order valence-corrected chi connectivity index (χ0v) is 16.2. The molecule has 2 amide bonds. The van der Waals surface area contributed by atoms with E-state index in [-0.39, 0.29) is 13.2 Å². The number of nitrogens with two attached hydrogens (primary N) is 1. The first-order chi connectivity index (χ1) is 13.3. The van der Waals surface area contributed by atoms with E-state index < -0.39 is 48.2 Å². The van der Waals surface area contributed by atoms with Gasteiger partial charge in [-0.05, 0) is 19.4 Å². The molecule has 1 aromatic carbocycles. The molecule has 0 heterocycles. The molecular formula is C19H26N2O7. The molecule has 9 nitrogen and oxygen atoms in total. The number of esters is 2. The number of nitrogens with one attached hydrogen (secondary N) is 1. The smallest absolute Gasteiger partial charge is 0.312 e. The average molecular weight is 394 g/mol. The van der Waals surface area contributed by atoms with E-state index in [0.29, 0.717) is 5.56 Å². The molecule has 154 valence electrons. The number of hydrogen-bond donors (Lipinski definition) is 2. The van der Waals surface area contributed by atoms with Gasteiger partial charge in [-0.25, -0.2) is 0 Å². The van der Waals surface area contributed by atoms with Gasteiger partial charge in [0, 0.05) is 7.11 Å². The number of primary amides is 1. The third-order valence-electron chi connectivity index (χ3n) is 3.86. The Morgan fingerprint density at radius 2 is 1.64 bits per heavy atom. The zero-order valence-electron chi connectivity index (χ0n) is 16.2. The highest BCUT2D eigenvalue weighted by molar-refractivity contribution is 5.94. The van der Waals surface area contributed by atoms with Crippen molar-refractivity contribution in [3.05, 3.63) is 35.9 Å². The van der Waals surface area contributed by atoms with Gasteiger partial charge in [0.2, 0.25) is 5.91 Å². The Hall–Kier alpha value is -2.94. The minimum absolute atomic E-state index is 0.0301. The van der Waals surface area contributed by atoms with Gasteiger partial charge in [0.25, 0.3) is 5.91 Å². The summed E-state index contributed by atoms with van der Waals surface area (Å²) < 4.78 is 15.0. The van der Waals surface area contributed by atoms with Gasteiger partial charge in [0.05, 0.1) is 25.6 Å². The maximum absolute atomic E-state index is 12.7. The number of rotatable bonds is 11. The lowest BCUT2D eigenvalue weighted by Crippen LogP contribution is -2.53. The largest absolute Gasteiger partial charge is 0.466 e. The Morgan fingerprint density at radius 1 is 1.04 bits per heavy atom. The summed E-state index contributed by atoms with van der Waals surface area (Å²) in [7, 11) is 1.33. The Balaban J connectivity index is 3.08. The highest BCUT2D eigenvalue weighted by atomic mass is 16.5. The van der Waals surface area contributed by atoms with Crippen LogP contribution < -0.4 is 11.1 Å². The van der Waals surface area contributed by atoms with E-state index in [2.05, 4.69) is 5.32 Å². The summed E-state index contributed by atoms with van der Waals surface area (Å²) in [5, 5.41) is 2.41. The Labute approximate surface area is 163 Å². The molecule has 0 radical (unpaired) electrons. The van der Waals surface area contributed by atoms with Gasteiger partial charge in [0.1, 0.15) is 6.04 Å². The first-order valence-corrected chi connectivity index (χ1v) is 8.85. The molecule has 0 fully saturated rings. The molecular weight excluding hydrogens is 368 g/mol. The van der Waals surface area contributed by atoms with Crippen LogP contribution >= 0.6 is 0 Å². The molecule has 9 heteroatoms. The number of methoxy groups -OCH3 is 1. The summed E-state index contributed by atoms with van der Waals surface area (Å²) in [6.07, 6.45) is -1.50. The van der Waals surface area contributed by atoms with E-state index in [1.165, 1.54) is 7.11 Å². The van der Waals surface area contributed by atoms with Crippen LogP contribution in [0.3, 0.4) is 0 Å². The van der Waals surface area contributed by atoms with Gasteiger partial charge in [-0.1, -0.05) is 30.3 Å². The monoisotopic (exact) mass is 394 g/mol. The van der Waals surface area contributed by atoms with Crippen molar-refractivity contribution >= 4 is 23.8 Å². The van der Waals surface area contributed by atoms with Gasteiger partial charge in [-0.15, -0.1) is 0 Å². The average Bonchev–Trinajstić information content (AvgIpc) is 2.66. The normalized spacial score (nSPS) is 13.7. The SMILES string of the molecule is CCOC(=O)C[C@@H](C(=O)OCC)[C@@H](NC(=O)[C@H](OC)c1ccccc1)C(N)=O. The van der Waals surface area contributed by atoms with Gasteiger partial charge in [0.15, 0.2) is 6.10 Å². The molecule has 28 heavy (non-hydrogen) atoms. The second kappa shape index (κ2) is 11.7. The van der Waals surface area contributed by atoms with Crippen molar-refractivity contribution < 1.29 is 33.4 Å². The van der Waals surface area contributed by atoms with Crippen molar-refractivity contribution in [1.29, 1.82) is 0 Å². The highest BCUT2D eigenvalue weighted by Gasteiger charge is 2.38. The summed E-state index contributed by atoms with van der Waals surface area (Å²) in [5.74, 6) is -4.55. The van der Waals surface area contributed by atoms with Crippen LogP contribution in [0, 0.1) is 5.92 Å². The van der Waals surface area contributed by atoms with Crippen LogP contribution in [-0.2, 0) is 33.4 Å². The Bertz CT molecular complexity index is 678. The molecule has 0 saturated carbocycles. The highest BCUT2D eigenvalue weighted by Crippen LogP contribution is 2.19. The number of benzene rings is 1. The number of hydrogen-bond acceptors (Lipinski definition) is 7. The summed E-state index contributed by atoms with van der Waals surface area (Å²) in [6.45, 7) is 3.31. The molecule has 0 aliphatic carbocycles. The second-order valence-electron chi connectivity index (χ2n) is 5.78. The van der Waals surface area contributed by atoms with Gasteiger partial charge in [-0.3, -0.25) is 19.2 Å². The topological polar surface area (TPSA) is 134 Å². The molecule has 3 atom stereocenters. The van der Waals surface area contributed by atoms with Crippen molar-refractivity contribution in [2.75, 3.05) is 20.3 Å². The number of carbonyl (C=O) groups excluding carboxylic acids is 4. The fraction of sp³-hybridized carbons (Fsp3) is 0.474. The standard InChI is InChI=1S/C19H26N2O7/c1-4-27-14(22)11-13(19(25)28-5-2)15(17(20)23)21-18(24)16(26-3)12-9-7-6-8-10-12/h6-10,13,15-16H,4-5,11H2,1-3H3,(H2,20,23)(H,21,24)/t13-,15-,16-/m1/s1. The van der Waals surface area contributed by atoms with E-state index in [1.54, 1.807) is 44.2 Å². The summed E-state index contributed by atoms with van der Waals surface area (Å²) in [4.78, 5) is 48.8. The van der Waals surface area contributed by atoms with E-state index in [9.17, 15) is 19.2 Å². The van der Waals surface area contributed by atoms with Crippen molar-refractivity contribution in [2.24, 2.45) is 11.7 Å². The third kappa shape index (κ3) is 6.66. The summed E-state index contributed by atoms with van der Waals surface area (Å²) in [5.41, 5.74) is 5.94. The molecule has 1 aromatic rings. The molecule has 0 aromatic heterocycles. The molecule has 0 aliphatic heterocycles.